The van der Waals surface area contributed by atoms with Crippen LogP contribution < -0.4 is 16.0 Å². The second-order valence-corrected chi connectivity index (χ2v) is 4.84. The molecule has 0 radical (unpaired) electrons. The number of anilines is 1. The van der Waals surface area contributed by atoms with Crippen LogP contribution in [-0.4, -0.2) is 25.5 Å². The number of nitrogens with two attached hydrogens (primary N) is 1. The van der Waals surface area contributed by atoms with Gasteiger partial charge in [0.25, 0.3) is 0 Å². The Hall–Kier alpha value is -1.14. The van der Waals surface area contributed by atoms with E-state index in [1.807, 2.05) is 13.8 Å². The molecule has 0 saturated heterocycles. The zero-order valence-corrected chi connectivity index (χ0v) is 12.8. The number of carbonyl (C=O) groups is 1. The summed E-state index contributed by atoms with van der Waals surface area (Å²) >= 11 is 3.20. The Kier molecular flexibility index (Phi) is 6.24. The van der Waals surface area contributed by atoms with Gasteiger partial charge in [0, 0.05) is 19.6 Å². The van der Waals surface area contributed by atoms with Gasteiger partial charge in [-0.25, -0.2) is 4.39 Å². The average Bonchev–Trinajstić information content (AvgIpc) is 2.40. The molecule has 19 heavy (non-hydrogen) atoms. The van der Waals surface area contributed by atoms with Crippen LogP contribution in [0.2, 0.25) is 0 Å². The molecule has 0 aliphatic carbocycles. The number of rotatable bonds is 6. The van der Waals surface area contributed by atoms with Crippen molar-refractivity contribution in [1.82, 2.24) is 5.32 Å². The molecule has 0 aliphatic rings. The van der Waals surface area contributed by atoms with Crippen molar-refractivity contribution < 1.29 is 9.18 Å². The van der Waals surface area contributed by atoms with Gasteiger partial charge in [-0.05, 0) is 41.4 Å². The van der Waals surface area contributed by atoms with E-state index in [1.165, 1.54) is 0 Å². The molecule has 4 nitrogen and oxygen atoms in total. The topological polar surface area (TPSA) is 58.4 Å². The smallest absolute Gasteiger partial charge is 0.239 e. The third-order valence-corrected chi connectivity index (χ3v) is 3.65. The van der Waals surface area contributed by atoms with E-state index < -0.39 is 0 Å². The first-order valence-electron chi connectivity index (χ1n) is 6.23. The minimum Gasteiger partial charge on any atom is -0.360 e. The fourth-order valence-electron chi connectivity index (χ4n) is 1.77. The summed E-state index contributed by atoms with van der Waals surface area (Å²) in [7, 11) is 0. The lowest BCUT2D eigenvalue weighted by Crippen LogP contribution is -2.37. The maximum absolute atomic E-state index is 14.2. The Balaban J connectivity index is 2.99. The number of nitrogens with one attached hydrogen (secondary N) is 1. The number of likely N-dealkylation sites (N-methyl/N-ethyl adjacent to an activating group) is 2. The molecule has 0 fully saturated rings. The molecule has 0 aliphatic heterocycles. The first-order chi connectivity index (χ1) is 9.04. The molecule has 3 N–H and O–H groups in total. The monoisotopic (exact) mass is 331 g/mol. The third kappa shape index (κ3) is 3.91. The molecule has 1 rings (SSSR count). The Morgan fingerprint density at radius 3 is 2.68 bits per heavy atom. The van der Waals surface area contributed by atoms with E-state index in [1.54, 1.807) is 17.0 Å². The van der Waals surface area contributed by atoms with Gasteiger partial charge in [0.05, 0.1) is 16.7 Å². The Morgan fingerprint density at radius 1 is 1.47 bits per heavy atom. The van der Waals surface area contributed by atoms with Crippen LogP contribution in [0.3, 0.4) is 0 Å². The van der Waals surface area contributed by atoms with Crippen LogP contribution >= 0.6 is 15.9 Å². The van der Waals surface area contributed by atoms with Crippen molar-refractivity contribution in [3.63, 3.8) is 0 Å². The van der Waals surface area contributed by atoms with Gasteiger partial charge in [-0.1, -0.05) is 6.07 Å². The number of carbonyl (C=O) groups excluding carboxylic acids is 1. The Bertz CT molecular complexity index is 454. The van der Waals surface area contributed by atoms with Crippen molar-refractivity contribution in [1.29, 1.82) is 0 Å². The lowest BCUT2D eigenvalue weighted by Gasteiger charge is -2.23. The van der Waals surface area contributed by atoms with Crippen molar-refractivity contribution >= 4 is 27.5 Å². The van der Waals surface area contributed by atoms with Crippen molar-refractivity contribution in [2.75, 3.05) is 24.5 Å². The predicted octanol–water partition coefficient (Wildman–Crippen LogP) is 2.01. The highest BCUT2D eigenvalue weighted by molar-refractivity contribution is 9.10. The van der Waals surface area contributed by atoms with Crippen LogP contribution in [0.25, 0.3) is 0 Å². The molecule has 6 heteroatoms. The van der Waals surface area contributed by atoms with E-state index in [0.29, 0.717) is 28.8 Å². The van der Waals surface area contributed by atoms with Gasteiger partial charge >= 0.3 is 0 Å². The van der Waals surface area contributed by atoms with Gasteiger partial charge in [-0.3, -0.25) is 4.79 Å². The highest BCUT2D eigenvalue weighted by Gasteiger charge is 2.17. The molecule has 0 unspecified atom stereocenters. The quantitative estimate of drug-likeness (QED) is 0.838. The fourth-order valence-corrected chi connectivity index (χ4v) is 2.27. The van der Waals surface area contributed by atoms with Gasteiger partial charge in [-0.2, -0.15) is 0 Å². The normalized spacial score (nSPS) is 10.4. The molecule has 0 atom stereocenters. The summed E-state index contributed by atoms with van der Waals surface area (Å²) in [5, 5.41) is 2.70. The first-order valence-corrected chi connectivity index (χ1v) is 7.02. The van der Waals surface area contributed by atoms with Crippen LogP contribution in [0.15, 0.2) is 16.6 Å². The summed E-state index contributed by atoms with van der Waals surface area (Å²) in [5.74, 6) is -0.503. The lowest BCUT2D eigenvalue weighted by atomic mass is 10.2. The van der Waals surface area contributed by atoms with Gasteiger partial charge < -0.3 is 16.0 Å². The van der Waals surface area contributed by atoms with E-state index in [-0.39, 0.29) is 24.8 Å². The van der Waals surface area contributed by atoms with Gasteiger partial charge in [-0.15, -0.1) is 0 Å². The van der Waals surface area contributed by atoms with Crippen LogP contribution in [0, 0.1) is 5.82 Å². The number of hydrogen-bond donors (Lipinski definition) is 2. The molecule has 1 aromatic rings. The number of nitrogens with zero attached hydrogens (tertiary/aromatic N) is 1. The van der Waals surface area contributed by atoms with Crippen LogP contribution in [-0.2, 0) is 11.3 Å². The molecule has 0 spiro atoms. The summed E-state index contributed by atoms with van der Waals surface area (Å²) in [6.07, 6.45) is 0. The zero-order chi connectivity index (χ0) is 14.4. The maximum atomic E-state index is 14.2. The van der Waals surface area contributed by atoms with E-state index >= 15 is 0 Å². The zero-order valence-electron chi connectivity index (χ0n) is 11.2. The summed E-state index contributed by atoms with van der Waals surface area (Å²) in [4.78, 5) is 13.3. The predicted molar refractivity (Wildman–Crippen MR) is 78.6 cm³/mol. The molecule has 1 amide bonds. The average molecular weight is 332 g/mol. The van der Waals surface area contributed by atoms with Crippen LogP contribution in [0.4, 0.5) is 10.1 Å². The lowest BCUT2D eigenvalue weighted by molar-refractivity contribution is -0.119. The van der Waals surface area contributed by atoms with Gasteiger partial charge in [0.2, 0.25) is 5.91 Å². The van der Waals surface area contributed by atoms with Crippen molar-refractivity contribution in [3.8, 4) is 0 Å². The summed E-state index contributed by atoms with van der Waals surface area (Å²) < 4.78 is 14.6. The molecular weight excluding hydrogens is 313 g/mol. The SMILES string of the molecule is CCNC(=O)CN(CC)c1ccc(CN)c(Br)c1F. The maximum Gasteiger partial charge on any atom is 0.239 e. The number of benzene rings is 1. The minimum absolute atomic E-state index is 0.122. The summed E-state index contributed by atoms with van der Waals surface area (Å²) in [6.45, 7) is 5.23. The van der Waals surface area contributed by atoms with Crippen molar-refractivity contribution in [2.24, 2.45) is 5.73 Å². The molecule has 0 aromatic heterocycles. The van der Waals surface area contributed by atoms with Crippen molar-refractivity contribution in [2.45, 2.75) is 20.4 Å². The third-order valence-electron chi connectivity index (χ3n) is 2.79. The fraction of sp³-hybridized carbons (Fsp3) is 0.462. The van der Waals surface area contributed by atoms with E-state index in [0.717, 1.165) is 0 Å². The molecule has 106 valence electrons. The summed E-state index contributed by atoms with van der Waals surface area (Å²) in [5.41, 5.74) is 6.63. The second kappa shape index (κ2) is 7.45. The number of halogens is 2. The second-order valence-electron chi connectivity index (χ2n) is 4.04. The summed E-state index contributed by atoms with van der Waals surface area (Å²) in [6, 6.07) is 3.42. The largest absolute Gasteiger partial charge is 0.360 e. The molecule has 0 heterocycles. The van der Waals surface area contributed by atoms with Crippen molar-refractivity contribution in [3.05, 3.63) is 28.0 Å². The molecule has 0 saturated carbocycles. The van der Waals surface area contributed by atoms with Gasteiger partial charge in [0.15, 0.2) is 5.82 Å². The van der Waals surface area contributed by atoms with Gasteiger partial charge in [0.1, 0.15) is 0 Å². The first kappa shape index (κ1) is 15.9. The molecular formula is C13H19BrFN3O. The van der Waals surface area contributed by atoms with E-state index in [2.05, 4.69) is 21.2 Å². The number of amides is 1. The highest BCUT2D eigenvalue weighted by Crippen LogP contribution is 2.29. The Morgan fingerprint density at radius 2 is 2.16 bits per heavy atom. The standard InChI is InChI=1S/C13H19BrFN3O/c1-3-17-11(19)8-18(4-2)10-6-5-9(7-16)12(14)13(10)15/h5-6H,3-4,7-8,16H2,1-2H3,(H,17,19). The Labute approximate surface area is 121 Å². The van der Waals surface area contributed by atoms with Crippen LogP contribution in [0.1, 0.15) is 19.4 Å². The van der Waals surface area contributed by atoms with Crippen LogP contribution in [0.5, 0.6) is 0 Å². The molecule has 0 bridgehead atoms. The molecule has 1 aromatic carbocycles. The number of hydrogen-bond acceptors (Lipinski definition) is 3. The van der Waals surface area contributed by atoms with E-state index in [4.69, 9.17) is 5.73 Å². The van der Waals surface area contributed by atoms with E-state index in [9.17, 15) is 9.18 Å². The highest BCUT2D eigenvalue weighted by atomic mass is 79.9. The minimum atomic E-state index is -0.380.